The van der Waals surface area contributed by atoms with Crippen LogP contribution in [0.4, 0.5) is 4.79 Å². The van der Waals surface area contributed by atoms with Crippen LogP contribution < -0.4 is 0 Å². The van der Waals surface area contributed by atoms with Gasteiger partial charge in [0.25, 0.3) is 0 Å². The van der Waals surface area contributed by atoms with Crippen LogP contribution >= 0.6 is 15.9 Å². The molecule has 1 amide bonds. The maximum atomic E-state index is 12.5. The van der Waals surface area contributed by atoms with Gasteiger partial charge in [0.15, 0.2) is 0 Å². The van der Waals surface area contributed by atoms with Gasteiger partial charge in [-0.2, -0.15) is 4.68 Å². The van der Waals surface area contributed by atoms with Crippen LogP contribution in [0, 0.1) is 5.92 Å². The van der Waals surface area contributed by atoms with E-state index in [1.807, 2.05) is 23.1 Å². The topological polar surface area (TPSA) is 51.0 Å². The lowest BCUT2D eigenvalue weighted by molar-refractivity contribution is 0.173. The van der Waals surface area contributed by atoms with Crippen molar-refractivity contribution in [1.82, 2.24) is 19.9 Å². The SMILES string of the molecule is CC1CCN(C(=O)n2nnc3ccc(Br)cc32)CC1. The van der Waals surface area contributed by atoms with Gasteiger partial charge >= 0.3 is 6.03 Å². The summed E-state index contributed by atoms with van der Waals surface area (Å²) < 4.78 is 2.32. The molecule has 19 heavy (non-hydrogen) atoms. The van der Waals surface area contributed by atoms with Crippen molar-refractivity contribution in [3.05, 3.63) is 22.7 Å². The number of piperidine rings is 1. The van der Waals surface area contributed by atoms with Crippen molar-refractivity contribution in [2.24, 2.45) is 5.92 Å². The minimum atomic E-state index is -0.0764. The van der Waals surface area contributed by atoms with Crippen molar-refractivity contribution in [2.75, 3.05) is 13.1 Å². The Labute approximate surface area is 119 Å². The van der Waals surface area contributed by atoms with Gasteiger partial charge in [0, 0.05) is 17.6 Å². The van der Waals surface area contributed by atoms with E-state index < -0.39 is 0 Å². The Balaban J connectivity index is 1.91. The van der Waals surface area contributed by atoms with Crippen molar-refractivity contribution < 1.29 is 4.79 Å². The molecule has 2 heterocycles. The number of benzene rings is 1. The summed E-state index contributed by atoms with van der Waals surface area (Å²) in [5.41, 5.74) is 1.49. The molecule has 0 radical (unpaired) electrons. The van der Waals surface area contributed by atoms with Gasteiger partial charge in [0.05, 0.1) is 0 Å². The molecular formula is C13H15BrN4O. The molecule has 1 saturated heterocycles. The van der Waals surface area contributed by atoms with Crippen LogP contribution in [0.25, 0.3) is 11.0 Å². The molecule has 1 aliphatic heterocycles. The van der Waals surface area contributed by atoms with Crippen LogP contribution in [-0.2, 0) is 0 Å². The summed E-state index contributed by atoms with van der Waals surface area (Å²) in [5.74, 6) is 0.700. The summed E-state index contributed by atoms with van der Waals surface area (Å²) in [5, 5.41) is 8.02. The van der Waals surface area contributed by atoms with Gasteiger partial charge in [-0.05, 0) is 37.0 Å². The molecule has 5 nitrogen and oxygen atoms in total. The number of aromatic nitrogens is 3. The maximum Gasteiger partial charge on any atom is 0.346 e. The highest BCUT2D eigenvalue weighted by molar-refractivity contribution is 9.10. The van der Waals surface area contributed by atoms with Crippen LogP contribution in [0.1, 0.15) is 19.8 Å². The molecule has 6 heteroatoms. The molecule has 1 fully saturated rings. The zero-order valence-electron chi connectivity index (χ0n) is 10.7. The van der Waals surface area contributed by atoms with Gasteiger partial charge in [-0.25, -0.2) is 4.79 Å². The first kappa shape index (κ1) is 12.6. The Bertz CT molecular complexity index is 616. The number of halogens is 1. The number of rotatable bonds is 0. The lowest BCUT2D eigenvalue weighted by Gasteiger charge is -2.29. The smallest absolute Gasteiger partial charge is 0.323 e. The summed E-state index contributed by atoms with van der Waals surface area (Å²) in [4.78, 5) is 14.3. The second kappa shape index (κ2) is 4.92. The summed E-state index contributed by atoms with van der Waals surface area (Å²) >= 11 is 3.41. The number of amides is 1. The standard InChI is InChI=1S/C13H15BrN4O/c1-9-4-6-17(7-5-9)13(19)18-12-8-10(14)2-3-11(12)15-16-18/h2-3,8-9H,4-7H2,1H3. The van der Waals surface area contributed by atoms with E-state index in [1.165, 1.54) is 4.68 Å². The van der Waals surface area contributed by atoms with Gasteiger partial charge in [0.1, 0.15) is 11.0 Å². The van der Waals surface area contributed by atoms with Crippen LogP contribution in [0.3, 0.4) is 0 Å². The van der Waals surface area contributed by atoms with E-state index >= 15 is 0 Å². The predicted molar refractivity (Wildman–Crippen MR) is 76.0 cm³/mol. The highest BCUT2D eigenvalue weighted by atomic mass is 79.9. The van der Waals surface area contributed by atoms with Crippen molar-refractivity contribution in [2.45, 2.75) is 19.8 Å². The summed E-state index contributed by atoms with van der Waals surface area (Å²) in [6.07, 6.45) is 2.12. The van der Waals surface area contributed by atoms with Crippen molar-refractivity contribution in [3.8, 4) is 0 Å². The third-order valence-electron chi connectivity index (χ3n) is 3.64. The molecule has 0 atom stereocenters. The average Bonchev–Trinajstić information content (AvgIpc) is 2.81. The predicted octanol–water partition coefficient (Wildman–Crippen LogP) is 2.89. The third-order valence-corrected chi connectivity index (χ3v) is 4.14. The molecule has 0 aliphatic carbocycles. The van der Waals surface area contributed by atoms with Gasteiger partial charge in [-0.1, -0.05) is 28.1 Å². The van der Waals surface area contributed by atoms with Gasteiger partial charge < -0.3 is 4.90 Å². The quantitative estimate of drug-likeness (QED) is 0.749. The second-order valence-electron chi connectivity index (χ2n) is 5.09. The number of carbonyl (C=O) groups excluding carboxylic acids is 1. The summed E-state index contributed by atoms with van der Waals surface area (Å²) in [6, 6.07) is 5.55. The monoisotopic (exact) mass is 322 g/mol. The van der Waals surface area contributed by atoms with Crippen molar-refractivity contribution in [3.63, 3.8) is 0 Å². The Morgan fingerprint density at radius 2 is 2.11 bits per heavy atom. The number of hydrogen-bond acceptors (Lipinski definition) is 3. The van der Waals surface area contributed by atoms with E-state index in [4.69, 9.17) is 0 Å². The van der Waals surface area contributed by atoms with E-state index in [0.29, 0.717) is 5.92 Å². The second-order valence-corrected chi connectivity index (χ2v) is 6.00. The molecule has 1 aromatic heterocycles. The Kier molecular flexibility index (Phi) is 3.26. The first-order valence-electron chi connectivity index (χ1n) is 6.45. The molecule has 3 rings (SSSR count). The minimum Gasteiger partial charge on any atom is -0.323 e. The molecule has 0 unspecified atom stereocenters. The lowest BCUT2D eigenvalue weighted by atomic mass is 10.00. The van der Waals surface area contributed by atoms with E-state index in [9.17, 15) is 4.79 Å². The van der Waals surface area contributed by atoms with E-state index in [-0.39, 0.29) is 6.03 Å². The number of carbonyl (C=O) groups is 1. The molecular weight excluding hydrogens is 308 g/mol. The third kappa shape index (κ3) is 2.36. The van der Waals surface area contributed by atoms with Gasteiger partial charge in [-0.3, -0.25) is 0 Å². The molecule has 0 saturated carbocycles. The average molecular weight is 323 g/mol. The Morgan fingerprint density at radius 3 is 2.84 bits per heavy atom. The zero-order valence-corrected chi connectivity index (χ0v) is 12.3. The molecule has 1 aliphatic rings. The summed E-state index contributed by atoms with van der Waals surface area (Å²) in [6.45, 7) is 3.83. The molecule has 0 bridgehead atoms. The molecule has 1 aromatic carbocycles. The number of likely N-dealkylation sites (tertiary alicyclic amines) is 1. The minimum absolute atomic E-state index is 0.0764. The fraction of sp³-hybridized carbons (Fsp3) is 0.462. The fourth-order valence-corrected chi connectivity index (χ4v) is 2.72. The number of fused-ring (bicyclic) bond motifs is 1. The van der Waals surface area contributed by atoms with Crippen LogP contribution in [0.2, 0.25) is 0 Å². The molecule has 0 N–H and O–H groups in total. The summed E-state index contributed by atoms with van der Waals surface area (Å²) in [7, 11) is 0. The fourth-order valence-electron chi connectivity index (χ4n) is 2.37. The Morgan fingerprint density at radius 1 is 1.37 bits per heavy atom. The first-order valence-corrected chi connectivity index (χ1v) is 7.24. The van der Waals surface area contributed by atoms with Crippen molar-refractivity contribution in [1.29, 1.82) is 0 Å². The van der Waals surface area contributed by atoms with Gasteiger partial charge in [-0.15, -0.1) is 5.10 Å². The van der Waals surface area contributed by atoms with E-state index in [2.05, 4.69) is 33.2 Å². The molecule has 100 valence electrons. The van der Waals surface area contributed by atoms with Crippen molar-refractivity contribution >= 4 is 33.0 Å². The largest absolute Gasteiger partial charge is 0.346 e. The van der Waals surface area contributed by atoms with E-state index in [0.717, 1.165) is 41.4 Å². The maximum absolute atomic E-state index is 12.5. The first-order chi connectivity index (χ1) is 9.15. The normalized spacial score (nSPS) is 17.1. The van der Waals surface area contributed by atoms with E-state index in [1.54, 1.807) is 0 Å². The van der Waals surface area contributed by atoms with Crippen LogP contribution in [0.5, 0.6) is 0 Å². The van der Waals surface area contributed by atoms with Gasteiger partial charge in [0.2, 0.25) is 0 Å². The lowest BCUT2D eigenvalue weighted by Crippen LogP contribution is -2.40. The highest BCUT2D eigenvalue weighted by Gasteiger charge is 2.23. The highest BCUT2D eigenvalue weighted by Crippen LogP contribution is 2.20. The zero-order chi connectivity index (χ0) is 13.4. The Hall–Kier alpha value is -1.43. The molecule has 2 aromatic rings. The number of hydrogen-bond donors (Lipinski definition) is 0. The van der Waals surface area contributed by atoms with Crippen LogP contribution in [0.15, 0.2) is 22.7 Å². The van der Waals surface area contributed by atoms with Crippen LogP contribution in [-0.4, -0.2) is 39.0 Å². The number of nitrogens with zero attached hydrogens (tertiary/aromatic N) is 4. The molecule has 0 spiro atoms.